The molecule has 0 aliphatic carbocycles. The first-order valence-electron chi connectivity index (χ1n) is 6.09. The van der Waals surface area contributed by atoms with E-state index in [-0.39, 0.29) is 23.3 Å². The summed E-state index contributed by atoms with van der Waals surface area (Å²) >= 11 is 4.98. The predicted octanol–water partition coefficient (Wildman–Crippen LogP) is 1.24. The Balaban J connectivity index is 2.14. The molecule has 0 saturated carbocycles. The number of aromatic hydroxyl groups is 2. The Morgan fingerprint density at radius 1 is 1.37 bits per heavy atom. The van der Waals surface area contributed by atoms with E-state index in [2.05, 4.69) is 0 Å². The third-order valence-corrected chi connectivity index (χ3v) is 3.67. The second-order valence-electron chi connectivity index (χ2n) is 4.70. The SMILES string of the molecule is NC(=S)C1CCCN(C(=O)c2ccc(O)c(O)c2)C1. The molecule has 0 bridgehead atoms. The summed E-state index contributed by atoms with van der Waals surface area (Å²) in [5.41, 5.74) is 5.98. The molecule has 1 unspecified atom stereocenters. The van der Waals surface area contributed by atoms with E-state index < -0.39 is 0 Å². The molecule has 1 atom stereocenters. The van der Waals surface area contributed by atoms with Crippen LogP contribution in [0.5, 0.6) is 11.5 Å². The average Bonchev–Trinajstić information content (AvgIpc) is 2.41. The number of thiocarbonyl (C=S) groups is 1. The van der Waals surface area contributed by atoms with Gasteiger partial charge in [0.1, 0.15) is 0 Å². The first-order chi connectivity index (χ1) is 8.99. The molecule has 1 amide bonds. The highest BCUT2D eigenvalue weighted by atomic mass is 32.1. The summed E-state index contributed by atoms with van der Waals surface area (Å²) in [5.74, 6) is -0.667. The maximum atomic E-state index is 12.3. The van der Waals surface area contributed by atoms with Gasteiger partial charge in [0.25, 0.3) is 5.91 Å². The van der Waals surface area contributed by atoms with Crippen LogP contribution in [0.25, 0.3) is 0 Å². The fourth-order valence-electron chi connectivity index (χ4n) is 2.23. The van der Waals surface area contributed by atoms with Crippen molar-refractivity contribution in [3.8, 4) is 11.5 Å². The fraction of sp³-hybridized carbons (Fsp3) is 0.385. The summed E-state index contributed by atoms with van der Waals surface area (Å²) in [6.07, 6.45) is 1.76. The summed E-state index contributed by atoms with van der Waals surface area (Å²) in [6.45, 7) is 1.16. The lowest BCUT2D eigenvalue weighted by molar-refractivity contribution is 0.0703. The van der Waals surface area contributed by atoms with Crippen molar-refractivity contribution in [2.24, 2.45) is 11.7 Å². The first kappa shape index (κ1) is 13.6. The van der Waals surface area contributed by atoms with Gasteiger partial charge in [0.15, 0.2) is 11.5 Å². The molecule has 1 aromatic carbocycles. The highest BCUT2D eigenvalue weighted by Gasteiger charge is 2.26. The molecule has 4 N–H and O–H groups in total. The number of rotatable bonds is 2. The molecule has 19 heavy (non-hydrogen) atoms. The molecule has 1 saturated heterocycles. The van der Waals surface area contributed by atoms with E-state index in [0.717, 1.165) is 12.8 Å². The van der Waals surface area contributed by atoms with Crippen LogP contribution >= 0.6 is 12.2 Å². The summed E-state index contributed by atoms with van der Waals surface area (Å²) in [4.78, 5) is 14.4. The molecule has 0 aromatic heterocycles. The normalized spacial score (nSPS) is 19.2. The molecule has 0 radical (unpaired) electrons. The maximum absolute atomic E-state index is 12.3. The van der Waals surface area contributed by atoms with E-state index in [4.69, 9.17) is 18.0 Å². The molecule has 2 rings (SSSR count). The van der Waals surface area contributed by atoms with E-state index in [0.29, 0.717) is 23.6 Å². The number of piperidine rings is 1. The molecule has 1 aromatic rings. The van der Waals surface area contributed by atoms with Gasteiger partial charge in [-0.25, -0.2) is 0 Å². The van der Waals surface area contributed by atoms with Gasteiger partial charge in [-0.3, -0.25) is 4.79 Å². The second kappa shape index (κ2) is 5.44. The van der Waals surface area contributed by atoms with Crippen molar-refractivity contribution >= 4 is 23.1 Å². The van der Waals surface area contributed by atoms with Crippen LogP contribution < -0.4 is 5.73 Å². The molecular weight excluding hydrogens is 264 g/mol. The van der Waals surface area contributed by atoms with E-state index in [1.807, 2.05) is 0 Å². The van der Waals surface area contributed by atoms with Gasteiger partial charge in [0, 0.05) is 24.6 Å². The van der Waals surface area contributed by atoms with Gasteiger partial charge in [-0.15, -0.1) is 0 Å². The van der Waals surface area contributed by atoms with Crippen molar-refractivity contribution in [2.45, 2.75) is 12.8 Å². The minimum Gasteiger partial charge on any atom is -0.504 e. The van der Waals surface area contributed by atoms with Gasteiger partial charge >= 0.3 is 0 Å². The largest absolute Gasteiger partial charge is 0.504 e. The van der Waals surface area contributed by atoms with Gasteiger partial charge in [0.05, 0.1) is 4.99 Å². The third-order valence-electron chi connectivity index (χ3n) is 3.33. The van der Waals surface area contributed by atoms with Gasteiger partial charge < -0.3 is 20.8 Å². The van der Waals surface area contributed by atoms with Crippen LogP contribution in [0.15, 0.2) is 18.2 Å². The van der Waals surface area contributed by atoms with E-state index in [1.165, 1.54) is 18.2 Å². The molecule has 5 nitrogen and oxygen atoms in total. The number of benzene rings is 1. The number of phenols is 2. The summed E-state index contributed by atoms with van der Waals surface area (Å²) in [7, 11) is 0. The minimum atomic E-state index is -0.297. The highest BCUT2D eigenvalue weighted by Crippen LogP contribution is 2.26. The van der Waals surface area contributed by atoms with Crippen LogP contribution in [0.1, 0.15) is 23.2 Å². The number of carbonyl (C=O) groups is 1. The monoisotopic (exact) mass is 280 g/mol. The second-order valence-corrected chi connectivity index (χ2v) is 5.17. The fourth-order valence-corrected chi connectivity index (χ4v) is 2.43. The van der Waals surface area contributed by atoms with Crippen molar-refractivity contribution in [3.63, 3.8) is 0 Å². The van der Waals surface area contributed by atoms with Gasteiger partial charge in [-0.05, 0) is 31.0 Å². The average molecular weight is 280 g/mol. The lowest BCUT2D eigenvalue weighted by Crippen LogP contribution is -2.43. The molecular formula is C13H16N2O3S. The van der Waals surface area contributed by atoms with Crippen molar-refractivity contribution in [1.82, 2.24) is 4.90 Å². The number of nitrogens with two attached hydrogens (primary N) is 1. The molecule has 1 fully saturated rings. The van der Waals surface area contributed by atoms with Crippen LogP contribution in [-0.2, 0) is 0 Å². The molecule has 102 valence electrons. The summed E-state index contributed by atoms with van der Waals surface area (Å²) < 4.78 is 0. The Bertz CT molecular complexity index is 519. The maximum Gasteiger partial charge on any atom is 0.254 e. The zero-order chi connectivity index (χ0) is 14.0. The number of carbonyl (C=O) groups excluding carboxylic acids is 1. The number of likely N-dealkylation sites (tertiary alicyclic amines) is 1. The lowest BCUT2D eigenvalue weighted by atomic mass is 9.97. The van der Waals surface area contributed by atoms with Gasteiger partial charge in [0.2, 0.25) is 0 Å². The van der Waals surface area contributed by atoms with Gasteiger partial charge in [-0.2, -0.15) is 0 Å². The number of hydrogen-bond donors (Lipinski definition) is 3. The molecule has 6 heteroatoms. The smallest absolute Gasteiger partial charge is 0.254 e. The molecule has 1 aliphatic heterocycles. The van der Waals surface area contributed by atoms with Crippen LogP contribution in [0.2, 0.25) is 0 Å². The standard InChI is InChI=1S/C13H16N2O3S/c14-12(19)9-2-1-5-15(7-9)13(18)8-3-4-10(16)11(17)6-8/h3-4,6,9,16-17H,1-2,5,7H2,(H2,14,19). The Morgan fingerprint density at radius 3 is 2.74 bits per heavy atom. The zero-order valence-corrected chi connectivity index (χ0v) is 11.2. The van der Waals surface area contributed by atoms with Crippen molar-refractivity contribution in [1.29, 1.82) is 0 Å². The molecule has 0 spiro atoms. The number of amides is 1. The third kappa shape index (κ3) is 2.96. The Kier molecular flexibility index (Phi) is 3.90. The number of phenolic OH excluding ortho intramolecular Hbond substituents is 2. The molecule has 1 aliphatic rings. The minimum absolute atomic E-state index is 0.0541. The van der Waals surface area contributed by atoms with E-state index in [9.17, 15) is 15.0 Å². The van der Waals surface area contributed by atoms with Crippen LogP contribution in [0.3, 0.4) is 0 Å². The molecule has 1 heterocycles. The van der Waals surface area contributed by atoms with E-state index in [1.54, 1.807) is 4.90 Å². The van der Waals surface area contributed by atoms with Crippen molar-refractivity contribution in [2.75, 3.05) is 13.1 Å². The predicted molar refractivity (Wildman–Crippen MR) is 75.2 cm³/mol. The van der Waals surface area contributed by atoms with Crippen LogP contribution in [-0.4, -0.2) is 39.1 Å². The Morgan fingerprint density at radius 2 is 2.11 bits per heavy atom. The van der Waals surface area contributed by atoms with Crippen LogP contribution in [0, 0.1) is 5.92 Å². The van der Waals surface area contributed by atoms with Gasteiger partial charge in [-0.1, -0.05) is 12.2 Å². The highest BCUT2D eigenvalue weighted by molar-refractivity contribution is 7.80. The topological polar surface area (TPSA) is 86.8 Å². The summed E-state index contributed by atoms with van der Waals surface area (Å²) in [5, 5.41) is 18.7. The quantitative estimate of drug-likeness (QED) is 0.560. The van der Waals surface area contributed by atoms with Crippen molar-refractivity contribution in [3.05, 3.63) is 23.8 Å². The van der Waals surface area contributed by atoms with E-state index >= 15 is 0 Å². The lowest BCUT2D eigenvalue weighted by Gasteiger charge is -2.32. The summed E-state index contributed by atoms with van der Waals surface area (Å²) in [6, 6.07) is 4.06. The Hall–Kier alpha value is -1.82. The van der Waals surface area contributed by atoms with Crippen molar-refractivity contribution < 1.29 is 15.0 Å². The zero-order valence-electron chi connectivity index (χ0n) is 10.4. The number of nitrogens with zero attached hydrogens (tertiary/aromatic N) is 1. The first-order valence-corrected chi connectivity index (χ1v) is 6.50. The van der Waals surface area contributed by atoms with Crippen LogP contribution in [0.4, 0.5) is 0 Å². The number of hydrogen-bond acceptors (Lipinski definition) is 4. The Labute approximate surface area is 116 Å².